The Morgan fingerprint density at radius 3 is 2.65 bits per heavy atom. The van der Waals surface area contributed by atoms with E-state index in [1.807, 2.05) is 16.6 Å². The number of benzene rings is 1. The lowest BCUT2D eigenvalue weighted by Crippen LogP contribution is -2.34. The number of halogens is 1. The van der Waals surface area contributed by atoms with Crippen molar-refractivity contribution in [3.63, 3.8) is 0 Å². The lowest BCUT2D eigenvalue weighted by molar-refractivity contribution is -0.129. The Bertz CT molecular complexity index is 661. The molecule has 1 aromatic heterocycles. The standard InChI is InChI=1S/C15H16FN3O/c1-10(20)19-8-7-14-13(9-19)15(17-18(14)2)11-3-5-12(16)6-4-11/h3-6H,7-9H2,1-2H3. The Hall–Kier alpha value is -2.17. The summed E-state index contributed by atoms with van der Waals surface area (Å²) in [6.45, 7) is 2.88. The molecule has 0 saturated heterocycles. The molecule has 5 heteroatoms. The van der Waals surface area contributed by atoms with Crippen LogP contribution in [-0.2, 0) is 24.8 Å². The number of carbonyl (C=O) groups excluding carboxylic acids is 1. The van der Waals surface area contributed by atoms with Gasteiger partial charge in [-0.2, -0.15) is 5.10 Å². The smallest absolute Gasteiger partial charge is 0.219 e. The second-order valence-electron chi connectivity index (χ2n) is 5.09. The summed E-state index contributed by atoms with van der Waals surface area (Å²) in [4.78, 5) is 13.4. The molecule has 4 nitrogen and oxygen atoms in total. The van der Waals surface area contributed by atoms with Crippen LogP contribution >= 0.6 is 0 Å². The van der Waals surface area contributed by atoms with Gasteiger partial charge in [-0.25, -0.2) is 4.39 Å². The number of nitrogens with zero attached hydrogens (tertiary/aromatic N) is 3. The molecule has 104 valence electrons. The fourth-order valence-electron chi connectivity index (χ4n) is 2.70. The van der Waals surface area contributed by atoms with Gasteiger partial charge in [0.15, 0.2) is 0 Å². The van der Waals surface area contributed by atoms with E-state index in [1.165, 1.54) is 12.1 Å². The lowest BCUT2D eigenvalue weighted by Gasteiger charge is -2.26. The average molecular weight is 273 g/mol. The maximum atomic E-state index is 13.0. The van der Waals surface area contributed by atoms with E-state index >= 15 is 0 Å². The van der Waals surface area contributed by atoms with Crippen LogP contribution in [0, 0.1) is 5.82 Å². The molecule has 0 radical (unpaired) electrons. The van der Waals surface area contributed by atoms with Crippen molar-refractivity contribution in [1.29, 1.82) is 0 Å². The Morgan fingerprint density at radius 1 is 1.30 bits per heavy atom. The molecular formula is C15H16FN3O. The van der Waals surface area contributed by atoms with Gasteiger partial charge in [-0.3, -0.25) is 9.48 Å². The summed E-state index contributed by atoms with van der Waals surface area (Å²) in [5, 5.41) is 4.54. The third-order valence-electron chi connectivity index (χ3n) is 3.81. The Kier molecular flexibility index (Phi) is 3.04. The van der Waals surface area contributed by atoms with Crippen molar-refractivity contribution in [2.75, 3.05) is 6.54 Å². The fourth-order valence-corrected chi connectivity index (χ4v) is 2.70. The summed E-state index contributed by atoms with van der Waals surface area (Å²) in [6, 6.07) is 6.32. The van der Waals surface area contributed by atoms with Gasteiger partial charge in [-0.15, -0.1) is 0 Å². The van der Waals surface area contributed by atoms with Crippen LogP contribution in [0.1, 0.15) is 18.2 Å². The Morgan fingerprint density at radius 2 is 2.00 bits per heavy atom. The van der Waals surface area contributed by atoms with E-state index < -0.39 is 0 Å². The minimum absolute atomic E-state index is 0.0737. The normalized spacial score (nSPS) is 14.2. The van der Waals surface area contributed by atoms with E-state index in [0.29, 0.717) is 6.54 Å². The largest absolute Gasteiger partial charge is 0.338 e. The van der Waals surface area contributed by atoms with Crippen LogP contribution in [0.5, 0.6) is 0 Å². The van der Waals surface area contributed by atoms with Gasteiger partial charge < -0.3 is 4.90 Å². The number of amides is 1. The van der Waals surface area contributed by atoms with Crippen LogP contribution < -0.4 is 0 Å². The third kappa shape index (κ3) is 2.09. The number of aryl methyl sites for hydroxylation is 1. The van der Waals surface area contributed by atoms with Crippen LogP contribution in [0.15, 0.2) is 24.3 Å². The molecule has 0 atom stereocenters. The van der Waals surface area contributed by atoms with Gasteiger partial charge in [0.25, 0.3) is 0 Å². The predicted octanol–water partition coefficient (Wildman–Crippen LogP) is 2.13. The molecule has 0 spiro atoms. The maximum Gasteiger partial charge on any atom is 0.219 e. The molecule has 1 aliphatic heterocycles. The van der Waals surface area contributed by atoms with Gasteiger partial charge in [0.1, 0.15) is 5.82 Å². The van der Waals surface area contributed by atoms with Gasteiger partial charge in [-0.05, 0) is 24.3 Å². The predicted molar refractivity (Wildman–Crippen MR) is 73.4 cm³/mol. The summed E-state index contributed by atoms with van der Waals surface area (Å²) in [7, 11) is 1.91. The third-order valence-corrected chi connectivity index (χ3v) is 3.81. The first-order chi connectivity index (χ1) is 9.56. The van der Waals surface area contributed by atoms with E-state index in [9.17, 15) is 9.18 Å². The number of rotatable bonds is 1. The van der Waals surface area contributed by atoms with E-state index in [4.69, 9.17) is 0 Å². The molecule has 0 aliphatic carbocycles. The summed E-state index contributed by atoms with van der Waals surface area (Å²) in [5.41, 5.74) is 3.95. The van der Waals surface area contributed by atoms with Crippen molar-refractivity contribution in [3.8, 4) is 11.3 Å². The quantitative estimate of drug-likeness (QED) is 0.798. The SMILES string of the molecule is CC(=O)N1CCc2c(c(-c3ccc(F)cc3)nn2C)C1. The number of carbonyl (C=O) groups is 1. The molecule has 1 aromatic carbocycles. The van der Waals surface area contributed by atoms with Crippen molar-refractivity contribution in [2.24, 2.45) is 7.05 Å². The van der Waals surface area contributed by atoms with Crippen molar-refractivity contribution < 1.29 is 9.18 Å². The summed E-state index contributed by atoms with van der Waals surface area (Å²) < 4.78 is 14.9. The first-order valence-corrected chi connectivity index (χ1v) is 6.62. The highest BCUT2D eigenvalue weighted by Crippen LogP contribution is 2.29. The second-order valence-corrected chi connectivity index (χ2v) is 5.09. The van der Waals surface area contributed by atoms with Crippen LogP contribution in [0.25, 0.3) is 11.3 Å². The molecule has 3 rings (SSSR count). The highest BCUT2D eigenvalue weighted by molar-refractivity contribution is 5.74. The van der Waals surface area contributed by atoms with E-state index in [0.717, 1.165) is 35.5 Å². The van der Waals surface area contributed by atoms with Gasteiger partial charge in [-0.1, -0.05) is 0 Å². The van der Waals surface area contributed by atoms with Crippen LogP contribution in [0.3, 0.4) is 0 Å². The van der Waals surface area contributed by atoms with Crippen molar-refractivity contribution >= 4 is 5.91 Å². The summed E-state index contributed by atoms with van der Waals surface area (Å²) >= 11 is 0. The number of hydrogen-bond donors (Lipinski definition) is 0. The molecule has 1 aliphatic rings. The zero-order valence-corrected chi connectivity index (χ0v) is 11.6. The van der Waals surface area contributed by atoms with E-state index in [2.05, 4.69) is 5.10 Å². The van der Waals surface area contributed by atoms with Crippen molar-refractivity contribution in [1.82, 2.24) is 14.7 Å². The molecular weight excluding hydrogens is 257 g/mol. The average Bonchev–Trinajstić information content (AvgIpc) is 2.76. The van der Waals surface area contributed by atoms with Crippen LogP contribution in [0.2, 0.25) is 0 Å². The zero-order chi connectivity index (χ0) is 14.3. The molecule has 0 saturated carbocycles. The monoisotopic (exact) mass is 273 g/mol. The van der Waals surface area contributed by atoms with Gasteiger partial charge in [0.05, 0.1) is 5.69 Å². The summed E-state index contributed by atoms with van der Waals surface area (Å²) in [6.07, 6.45) is 0.805. The molecule has 0 fully saturated rings. The van der Waals surface area contributed by atoms with Gasteiger partial charge >= 0.3 is 0 Å². The second kappa shape index (κ2) is 4.74. The zero-order valence-electron chi connectivity index (χ0n) is 11.6. The van der Waals surface area contributed by atoms with E-state index in [1.54, 1.807) is 19.1 Å². The Labute approximate surface area is 116 Å². The fraction of sp³-hybridized carbons (Fsp3) is 0.333. The molecule has 0 N–H and O–H groups in total. The lowest BCUT2D eigenvalue weighted by atomic mass is 10.0. The number of hydrogen-bond acceptors (Lipinski definition) is 2. The first-order valence-electron chi connectivity index (χ1n) is 6.62. The van der Waals surface area contributed by atoms with Crippen molar-refractivity contribution in [3.05, 3.63) is 41.3 Å². The molecule has 2 heterocycles. The van der Waals surface area contributed by atoms with Gasteiger partial charge in [0, 0.05) is 50.3 Å². The highest BCUT2D eigenvalue weighted by Gasteiger charge is 2.25. The first kappa shape index (κ1) is 12.8. The Balaban J connectivity index is 2.05. The summed E-state index contributed by atoms with van der Waals surface area (Å²) in [5.74, 6) is -0.187. The molecule has 1 amide bonds. The highest BCUT2D eigenvalue weighted by atomic mass is 19.1. The number of aromatic nitrogens is 2. The minimum atomic E-state index is -0.260. The topological polar surface area (TPSA) is 38.1 Å². The van der Waals surface area contributed by atoms with E-state index in [-0.39, 0.29) is 11.7 Å². The number of fused-ring (bicyclic) bond motifs is 1. The van der Waals surface area contributed by atoms with Crippen molar-refractivity contribution in [2.45, 2.75) is 19.9 Å². The molecule has 0 unspecified atom stereocenters. The van der Waals surface area contributed by atoms with Crippen LogP contribution in [-0.4, -0.2) is 27.1 Å². The molecule has 20 heavy (non-hydrogen) atoms. The maximum absolute atomic E-state index is 13.0. The molecule has 2 aromatic rings. The van der Waals surface area contributed by atoms with Gasteiger partial charge in [0.2, 0.25) is 5.91 Å². The molecule has 0 bridgehead atoms. The minimum Gasteiger partial charge on any atom is -0.338 e. The van der Waals surface area contributed by atoms with Crippen LogP contribution in [0.4, 0.5) is 4.39 Å².